The minimum Gasteiger partial charge on any atom is -0.379 e. The third-order valence-electron chi connectivity index (χ3n) is 3.35. The Hall–Kier alpha value is -1.87. The molecule has 0 saturated heterocycles. The summed E-state index contributed by atoms with van der Waals surface area (Å²) in [6.07, 6.45) is 1.83. The minimum atomic E-state index is 0.786. The first-order valence-electron chi connectivity index (χ1n) is 6.57. The lowest BCUT2D eigenvalue weighted by atomic mass is 10.1. The van der Waals surface area contributed by atoms with Gasteiger partial charge in [-0.15, -0.1) is 0 Å². The molecule has 0 atom stereocenters. The summed E-state index contributed by atoms with van der Waals surface area (Å²) >= 11 is 3.57. The van der Waals surface area contributed by atoms with Crippen molar-refractivity contribution >= 4 is 32.5 Å². The van der Waals surface area contributed by atoms with Crippen LogP contribution in [-0.4, -0.2) is 4.98 Å². The Balaban J connectivity index is 1.85. The Morgan fingerprint density at radius 2 is 1.95 bits per heavy atom. The molecule has 0 spiro atoms. The van der Waals surface area contributed by atoms with E-state index in [1.807, 2.05) is 12.3 Å². The van der Waals surface area contributed by atoms with Crippen molar-refractivity contribution in [2.75, 3.05) is 5.32 Å². The van der Waals surface area contributed by atoms with Crippen LogP contribution >= 0.6 is 15.9 Å². The van der Waals surface area contributed by atoms with Crippen LogP contribution in [0.4, 0.5) is 5.69 Å². The third-order valence-corrected chi connectivity index (χ3v) is 4.21. The predicted molar refractivity (Wildman–Crippen MR) is 87.9 cm³/mol. The molecule has 3 heteroatoms. The molecule has 2 aromatic carbocycles. The van der Waals surface area contributed by atoms with Crippen LogP contribution < -0.4 is 5.32 Å². The van der Waals surface area contributed by atoms with Gasteiger partial charge < -0.3 is 5.32 Å². The first-order valence-corrected chi connectivity index (χ1v) is 7.36. The largest absolute Gasteiger partial charge is 0.379 e. The van der Waals surface area contributed by atoms with E-state index >= 15 is 0 Å². The summed E-state index contributed by atoms with van der Waals surface area (Å²) in [7, 11) is 0. The molecule has 0 saturated carbocycles. The number of anilines is 1. The number of pyridine rings is 1. The molecule has 0 aliphatic carbocycles. The van der Waals surface area contributed by atoms with Crippen LogP contribution in [0, 0.1) is 6.92 Å². The minimum absolute atomic E-state index is 0.786. The van der Waals surface area contributed by atoms with Crippen molar-refractivity contribution in [1.29, 1.82) is 0 Å². The number of aryl methyl sites for hydroxylation is 1. The molecule has 0 bridgehead atoms. The summed E-state index contributed by atoms with van der Waals surface area (Å²) in [6, 6.07) is 16.7. The molecule has 1 heterocycles. The van der Waals surface area contributed by atoms with Crippen molar-refractivity contribution in [2.24, 2.45) is 0 Å². The van der Waals surface area contributed by atoms with E-state index in [1.165, 1.54) is 11.1 Å². The van der Waals surface area contributed by atoms with Crippen LogP contribution in [0.3, 0.4) is 0 Å². The van der Waals surface area contributed by atoms with Crippen molar-refractivity contribution in [1.82, 2.24) is 4.98 Å². The number of halogens is 1. The van der Waals surface area contributed by atoms with E-state index < -0.39 is 0 Å². The normalized spacial score (nSPS) is 10.7. The number of nitrogens with zero attached hydrogens (tertiary/aromatic N) is 1. The van der Waals surface area contributed by atoms with Gasteiger partial charge >= 0.3 is 0 Å². The molecule has 0 aliphatic rings. The van der Waals surface area contributed by atoms with Gasteiger partial charge in [-0.05, 0) is 36.2 Å². The molecule has 0 unspecified atom stereocenters. The van der Waals surface area contributed by atoms with Gasteiger partial charge in [0.15, 0.2) is 0 Å². The van der Waals surface area contributed by atoms with Gasteiger partial charge in [0, 0.05) is 22.6 Å². The molecule has 20 heavy (non-hydrogen) atoms. The van der Waals surface area contributed by atoms with E-state index in [4.69, 9.17) is 0 Å². The van der Waals surface area contributed by atoms with Gasteiger partial charge in [-0.1, -0.05) is 46.3 Å². The number of rotatable bonds is 3. The molecule has 2 nitrogen and oxygen atoms in total. The molecule has 0 amide bonds. The van der Waals surface area contributed by atoms with Crippen molar-refractivity contribution in [3.8, 4) is 0 Å². The Bertz CT molecular complexity index is 748. The highest BCUT2D eigenvalue weighted by Gasteiger charge is 2.02. The van der Waals surface area contributed by atoms with Gasteiger partial charge in [-0.2, -0.15) is 0 Å². The van der Waals surface area contributed by atoms with Crippen molar-refractivity contribution in [2.45, 2.75) is 13.5 Å². The zero-order valence-corrected chi connectivity index (χ0v) is 12.8. The fourth-order valence-corrected chi connectivity index (χ4v) is 2.62. The van der Waals surface area contributed by atoms with Crippen LogP contribution in [0.25, 0.3) is 10.9 Å². The van der Waals surface area contributed by atoms with E-state index in [0.717, 1.165) is 27.6 Å². The lowest BCUT2D eigenvalue weighted by molar-refractivity contribution is 1.14. The summed E-state index contributed by atoms with van der Waals surface area (Å²) in [6.45, 7) is 2.88. The highest BCUT2D eigenvalue weighted by Crippen LogP contribution is 2.22. The summed E-state index contributed by atoms with van der Waals surface area (Å²) < 4.78 is 1.15. The van der Waals surface area contributed by atoms with Crippen molar-refractivity contribution in [3.05, 3.63) is 70.3 Å². The number of aromatic nitrogens is 1. The maximum absolute atomic E-state index is 4.45. The quantitative estimate of drug-likeness (QED) is 0.739. The lowest BCUT2D eigenvalue weighted by Gasteiger charge is -2.10. The molecule has 0 radical (unpaired) electrons. The Kier molecular flexibility index (Phi) is 3.70. The smallest absolute Gasteiger partial charge is 0.0933 e. The molecule has 100 valence electrons. The molecule has 1 N–H and O–H groups in total. The van der Waals surface area contributed by atoms with Gasteiger partial charge in [-0.3, -0.25) is 4.98 Å². The van der Waals surface area contributed by atoms with Gasteiger partial charge in [0.1, 0.15) is 0 Å². The lowest BCUT2D eigenvalue weighted by Crippen LogP contribution is -2.00. The predicted octanol–water partition coefficient (Wildman–Crippen LogP) is 4.92. The summed E-state index contributed by atoms with van der Waals surface area (Å²) in [4.78, 5) is 4.45. The fourth-order valence-electron chi connectivity index (χ4n) is 2.19. The zero-order valence-electron chi connectivity index (χ0n) is 11.2. The number of para-hydroxylation sites is 1. The molecular formula is C17H15BrN2. The Morgan fingerprint density at radius 3 is 2.80 bits per heavy atom. The van der Waals surface area contributed by atoms with Gasteiger partial charge in [-0.25, -0.2) is 0 Å². The molecular weight excluding hydrogens is 312 g/mol. The second-order valence-electron chi connectivity index (χ2n) is 4.82. The van der Waals surface area contributed by atoms with Crippen molar-refractivity contribution in [3.63, 3.8) is 0 Å². The average Bonchev–Trinajstić information content (AvgIpc) is 2.48. The maximum Gasteiger partial charge on any atom is 0.0933 e. The second kappa shape index (κ2) is 5.63. The zero-order chi connectivity index (χ0) is 13.9. The van der Waals surface area contributed by atoms with Crippen molar-refractivity contribution < 1.29 is 0 Å². The summed E-state index contributed by atoms with van der Waals surface area (Å²) in [5.41, 5.74) is 4.58. The van der Waals surface area contributed by atoms with Gasteiger partial charge in [0.2, 0.25) is 0 Å². The average molecular weight is 327 g/mol. The summed E-state index contributed by atoms with van der Waals surface area (Å²) in [5, 5.41) is 4.62. The van der Waals surface area contributed by atoms with E-state index in [-0.39, 0.29) is 0 Å². The van der Waals surface area contributed by atoms with Gasteiger partial charge in [0.25, 0.3) is 0 Å². The molecule has 1 aromatic heterocycles. The van der Waals surface area contributed by atoms with Gasteiger partial charge in [0.05, 0.1) is 11.2 Å². The van der Waals surface area contributed by atoms with E-state index in [0.29, 0.717) is 0 Å². The van der Waals surface area contributed by atoms with Crippen LogP contribution in [0.5, 0.6) is 0 Å². The number of hydrogen-bond acceptors (Lipinski definition) is 2. The highest BCUT2D eigenvalue weighted by molar-refractivity contribution is 9.10. The fraction of sp³-hybridized carbons (Fsp3) is 0.118. The standard InChI is InChI=1S/C17H15BrN2/c1-12-7-8-13(10-15(12)18)11-20-16-6-2-4-14-5-3-9-19-17(14)16/h2-10,20H,11H2,1H3. The van der Waals surface area contributed by atoms with Crippen LogP contribution in [0.15, 0.2) is 59.2 Å². The van der Waals surface area contributed by atoms with E-state index in [2.05, 4.69) is 75.6 Å². The second-order valence-corrected chi connectivity index (χ2v) is 5.67. The van der Waals surface area contributed by atoms with Crippen LogP contribution in [0.1, 0.15) is 11.1 Å². The molecule has 0 fully saturated rings. The number of benzene rings is 2. The molecule has 3 rings (SSSR count). The molecule has 0 aliphatic heterocycles. The number of nitrogens with one attached hydrogen (secondary N) is 1. The first kappa shape index (κ1) is 13.1. The SMILES string of the molecule is Cc1ccc(CNc2cccc3cccnc23)cc1Br. The van der Waals surface area contributed by atoms with E-state index in [9.17, 15) is 0 Å². The third kappa shape index (κ3) is 2.68. The number of hydrogen-bond donors (Lipinski definition) is 1. The first-order chi connectivity index (χ1) is 9.74. The maximum atomic E-state index is 4.45. The highest BCUT2D eigenvalue weighted by atomic mass is 79.9. The monoisotopic (exact) mass is 326 g/mol. The van der Waals surface area contributed by atoms with Crippen LogP contribution in [-0.2, 0) is 6.54 Å². The summed E-state index contributed by atoms with van der Waals surface area (Å²) in [5.74, 6) is 0. The topological polar surface area (TPSA) is 24.9 Å². The Morgan fingerprint density at radius 1 is 1.10 bits per heavy atom. The Labute approximate surface area is 127 Å². The van der Waals surface area contributed by atoms with Crippen LogP contribution in [0.2, 0.25) is 0 Å². The number of fused-ring (bicyclic) bond motifs is 1. The molecule has 3 aromatic rings. The van der Waals surface area contributed by atoms with E-state index in [1.54, 1.807) is 0 Å².